The molecular weight excluding hydrogens is 572 g/mol. The average Bonchev–Trinajstić information content (AvgIpc) is 3.07. The van der Waals surface area contributed by atoms with Gasteiger partial charge in [-0.1, -0.05) is 60.7 Å². The third-order valence-electron chi connectivity index (χ3n) is 7.10. The van der Waals surface area contributed by atoms with E-state index in [0.29, 0.717) is 35.5 Å². The van der Waals surface area contributed by atoms with Gasteiger partial charge < -0.3 is 25.2 Å². The Kier molecular flexibility index (Phi) is 12.4. The molecule has 0 aromatic heterocycles. The Balaban J connectivity index is 1.42. The topological polar surface area (TPSA) is 131 Å². The van der Waals surface area contributed by atoms with Gasteiger partial charge >= 0.3 is 0 Å². The van der Waals surface area contributed by atoms with Gasteiger partial charge in [0.05, 0.1) is 12.1 Å². The number of nitrogens with one attached hydrogen (secondary N) is 2. The largest absolute Gasteiger partial charge is 0.484 e. The number of rotatable bonds is 17. The number of carbonyl (C=O) groups is 4. The first kappa shape index (κ1) is 32.6. The Labute approximate surface area is 262 Å². The molecule has 3 atom stereocenters. The van der Waals surface area contributed by atoms with Crippen molar-refractivity contribution in [2.24, 2.45) is 0 Å². The number of ether oxygens (including phenoxy) is 2. The number of aliphatic hydroxyl groups is 1. The lowest BCUT2D eigenvalue weighted by molar-refractivity contribution is -0.126. The van der Waals surface area contributed by atoms with E-state index in [2.05, 4.69) is 10.6 Å². The molecule has 0 aliphatic heterocycles. The molecule has 0 heterocycles. The van der Waals surface area contributed by atoms with Crippen molar-refractivity contribution in [3.05, 3.63) is 131 Å². The summed E-state index contributed by atoms with van der Waals surface area (Å²) in [6, 6.07) is 30.8. The highest BCUT2D eigenvalue weighted by Gasteiger charge is 2.26. The van der Waals surface area contributed by atoms with Crippen LogP contribution in [0.25, 0.3) is 0 Å². The summed E-state index contributed by atoms with van der Waals surface area (Å²) in [5.74, 6) is 0.0821. The fraction of sp³-hybridized carbons (Fsp3) is 0.222. The number of benzene rings is 4. The fourth-order valence-corrected chi connectivity index (χ4v) is 4.80. The lowest BCUT2D eigenvalue weighted by atomic mass is 9.93. The zero-order valence-corrected chi connectivity index (χ0v) is 24.7. The third-order valence-corrected chi connectivity index (χ3v) is 7.10. The average molecular weight is 609 g/mol. The van der Waals surface area contributed by atoms with Gasteiger partial charge in [-0.25, -0.2) is 0 Å². The van der Waals surface area contributed by atoms with Gasteiger partial charge in [-0.15, -0.1) is 0 Å². The van der Waals surface area contributed by atoms with E-state index < -0.39 is 24.1 Å². The van der Waals surface area contributed by atoms with Crippen LogP contribution >= 0.6 is 0 Å². The molecule has 232 valence electrons. The molecule has 0 saturated carbocycles. The SMILES string of the molecule is O=Cc1ccc(OCC(=O)N[C@@H](Cc2ccccc2)C[C@@H](O)[C@H](Cc2ccccc2)NC(=O)COc2ccc(C=O)cc2)cc1. The van der Waals surface area contributed by atoms with Crippen molar-refractivity contribution < 1.29 is 33.8 Å². The van der Waals surface area contributed by atoms with Crippen LogP contribution in [-0.2, 0) is 22.4 Å². The quantitative estimate of drug-likeness (QED) is 0.155. The molecule has 9 nitrogen and oxygen atoms in total. The van der Waals surface area contributed by atoms with Crippen molar-refractivity contribution in [1.82, 2.24) is 10.6 Å². The Morgan fingerprint density at radius 2 is 1.07 bits per heavy atom. The second-order valence-electron chi connectivity index (χ2n) is 10.6. The normalized spacial score (nSPS) is 12.6. The zero-order chi connectivity index (χ0) is 31.9. The smallest absolute Gasteiger partial charge is 0.258 e. The molecule has 0 aliphatic rings. The van der Waals surface area contributed by atoms with E-state index >= 15 is 0 Å². The van der Waals surface area contributed by atoms with Gasteiger partial charge in [-0.2, -0.15) is 0 Å². The molecule has 4 rings (SSSR count). The summed E-state index contributed by atoms with van der Waals surface area (Å²) in [5.41, 5.74) is 2.89. The van der Waals surface area contributed by atoms with E-state index in [-0.39, 0.29) is 25.5 Å². The van der Waals surface area contributed by atoms with Crippen LogP contribution in [0.15, 0.2) is 109 Å². The van der Waals surface area contributed by atoms with Crippen LogP contribution in [0.4, 0.5) is 0 Å². The zero-order valence-electron chi connectivity index (χ0n) is 24.7. The first-order chi connectivity index (χ1) is 21.9. The van der Waals surface area contributed by atoms with Gasteiger partial charge in [0.25, 0.3) is 11.8 Å². The molecule has 3 N–H and O–H groups in total. The highest BCUT2D eigenvalue weighted by atomic mass is 16.5. The second-order valence-corrected chi connectivity index (χ2v) is 10.6. The maximum Gasteiger partial charge on any atom is 0.258 e. The summed E-state index contributed by atoms with van der Waals surface area (Å²) in [6.07, 6.45) is 1.39. The molecule has 0 aliphatic carbocycles. The van der Waals surface area contributed by atoms with Crippen LogP contribution in [0.1, 0.15) is 38.3 Å². The van der Waals surface area contributed by atoms with E-state index in [1.54, 1.807) is 48.5 Å². The maximum atomic E-state index is 13.0. The molecular formula is C36H36N2O7. The molecule has 0 bridgehead atoms. The molecule has 0 radical (unpaired) electrons. The van der Waals surface area contributed by atoms with Gasteiger partial charge in [-0.05, 0) is 78.9 Å². The minimum absolute atomic E-state index is 0.153. The molecule has 0 saturated heterocycles. The summed E-state index contributed by atoms with van der Waals surface area (Å²) in [5, 5.41) is 17.4. The maximum absolute atomic E-state index is 13.0. The number of carbonyl (C=O) groups excluding carboxylic acids is 4. The van der Waals surface area contributed by atoms with Crippen molar-refractivity contribution in [1.29, 1.82) is 0 Å². The van der Waals surface area contributed by atoms with E-state index in [9.17, 15) is 24.3 Å². The Bertz CT molecular complexity index is 1510. The van der Waals surface area contributed by atoms with Gasteiger partial charge in [0.2, 0.25) is 0 Å². The second kappa shape index (κ2) is 17.1. The number of aldehydes is 2. The van der Waals surface area contributed by atoms with Crippen LogP contribution in [-0.4, -0.2) is 60.9 Å². The Morgan fingerprint density at radius 1 is 0.622 bits per heavy atom. The van der Waals surface area contributed by atoms with Gasteiger partial charge in [0.1, 0.15) is 24.1 Å². The Hall–Kier alpha value is -5.28. The predicted octanol–water partition coefficient (Wildman–Crippen LogP) is 3.98. The molecule has 0 fully saturated rings. The van der Waals surface area contributed by atoms with E-state index in [1.807, 2.05) is 60.7 Å². The van der Waals surface area contributed by atoms with Crippen LogP contribution in [0.5, 0.6) is 11.5 Å². The molecule has 0 unspecified atom stereocenters. The molecule has 9 heteroatoms. The lowest BCUT2D eigenvalue weighted by Gasteiger charge is -2.28. The van der Waals surface area contributed by atoms with Crippen molar-refractivity contribution in [2.75, 3.05) is 13.2 Å². The van der Waals surface area contributed by atoms with Crippen LogP contribution in [0.2, 0.25) is 0 Å². The molecule has 45 heavy (non-hydrogen) atoms. The monoisotopic (exact) mass is 608 g/mol. The lowest BCUT2D eigenvalue weighted by Crippen LogP contribution is -2.50. The summed E-state index contributed by atoms with van der Waals surface area (Å²) in [7, 11) is 0. The molecule has 4 aromatic carbocycles. The Morgan fingerprint density at radius 3 is 1.53 bits per heavy atom. The number of amides is 2. The van der Waals surface area contributed by atoms with Crippen LogP contribution < -0.4 is 20.1 Å². The minimum atomic E-state index is -1.02. The van der Waals surface area contributed by atoms with Gasteiger partial charge in [0.15, 0.2) is 13.2 Å². The summed E-state index contributed by atoms with van der Waals surface area (Å²) in [6.45, 7) is -0.537. The van der Waals surface area contributed by atoms with Gasteiger partial charge in [0, 0.05) is 17.2 Å². The molecule has 4 aromatic rings. The highest BCUT2D eigenvalue weighted by molar-refractivity contribution is 5.79. The first-order valence-corrected chi connectivity index (χ1v) is 14.6. The summed E-state index contributed by atoms with van der Waals surface area (Å²) < 4.78 is 11.2. The first-order valence-electron chi connectivity index (χ1n) is 14.6. The van der Waals surface area contributed by atoms with Crippen LogP contribution in [0.3, 0.4) is 0 Å². The highest BCUT2D eigenvalue weighted by Crippen LogP contribution is 2.16. The number of hydrogen-bond acceptors (Lipinski definition) is 7. The minimum Gasteiger partial charge on any atom is -0.484 e. The molecule has 0 spiro atoms. The molecule has 2 amide bonds. The number of aliphatic hydroxyl groups excluding tert-OH is 1. The van der Waals surface area contributed by atoms with Crippen molar-refractivity contribution >= 4 is 24.4 Å². The van der Waals surface area contributed by atoms with Gasteiger partial charge in [-0.3, -0.25) is 19.2 Å². The third kappa shape index (κ3) is 11.1. The predicted molar refractivity (Wildman–Crippen MR) is 169 cm³/mol. The van der Waals surface area contributed by atoms with Crippen molar-refractivity contribution in [2.45, 2.75) is 37.5 Å². The van der Waals surface area contributed by atoms with Crippen LogP contribution in [0, 0.1) is 0 Å². The fourth-order valence-electron chi connectivity index (χ4n) is 4.80. The van der Waals surface area contributed by atoms with E-state index in [0.717, 1.165) is 23.7 Å². The van der Waals surface area contributed by atoms with Crippen molar-refractivity contribution in [3.8, 4) is 11.5 Å². The van der Waals surface area contributed by atoms with Crippen molar-refractivity contribution in [3.63, 3.8) is 0 Å². The number of hydrogen-bond donors (Lipinski definition) is 3. The van der Waals surface area contributed by atoms with E-state index in [1.165, 1.54) is 0 Å². The van der Waals surface area contributed by atoms with E-state index in [4.69, 9.17) is 9.47 Å². The summed E-state index contributed by atoms with van der Waals surface area (Å²) in [4.78, 5) is 47.7. The summed E-state index contributed by atoms with van der Waals surface area (Å²) >= 11 is 0. The standard InChI is InChI=1S/C36H36N2O7/c39-22-28-11-15-31(16-12-28)44-24-35(42)37-30(19-26-7-3-1-4-8-26)21-34(41)33(20-27-9-5-2-6-10-27)38-36(43)25-45-32-17-13-29(23-40)14-18-32/h1-18,22-23,30,33-34,41H,19-21,24-25H2,(H,37,42)(H,38,43)/t30-,33-,34+/m0/s1.